The summed E-state index contributed by atoms with van der Waals surface area (Å²) >= 11 is 1.42. The number of nitrogens with two attached hydrogens (primary N) is 1. The first-order chi connectivity index (χ1) is 12.2. The molecule has 2 N–H and O–H groups in total. The van der Waals surface area contributed by atoms with Gasteiger partial charge < -0.3 is 20.3 Å². The summed E-state index contributed by atoms with van der Waals surface area (Å²) in [5.74, 6) is -0.527. The molecule has 0 spiro atoms. The molecule has 1 saturated heterocycles. The third kappa shape index (κ3) is 3.59. The molecule has 0 unspecified atom stereocenters. The molecule has 10 heteroatoms. The summed E-state index contributed by atoms with van der Waals surface area (Å²) in [5, 5.41) is 5.28. The van der Waals surface area contributed by atoms with Crippen LogP contribution in [0.3, 0.4) is 0 Å². The van der Waals surface area contributed by atoms with E-state index in [9.17, 15) is 9.59 Å². The Labute approximate surface area is 155 Å². The van der Waals surface area contributed by atoms with Crippen molar-refractivity contribution in [1.29, 1.82) is 0 Å². The number of aromatic nitrogens is 3. The number of ether oxygens (including phenoxy) is 1. The molecule has 0 saturated carbocycles. The first-order valence-corrected chi connectivity index (χ1v) is 9.42. The van der Waals surface area contributed by atoms with Crippen molar-refractivity contribution in [1.82, 2.24) is 19.5 Å². The molecule has 1 aliphatic rings. The van der Waals surface area contributed by atoms with E-state index < -0.39 is 11.5 Å². The SMILES string of the molecule is CCc1nc2sc(N3CCN(C(=O)OC(C)(C)C)CC3)nn2c1C(N)=O. The number of hydrogen-bond donors (Lipinski definition) is 1. The molecule has 0 bridgehead atoms. The Hall–Kier alpha value is -2.36. The van der Waals surface area contributed by atoms with E-state index in [1.165, 1.54) is 15.9 Å². The van der Waals surface area contributed by atoms with Gasteiger partial charge in [-0.3, -0.25) is 4.79 Å². The third-order valence-electron chi connectivity index (χ3n) is 4.04. The second-order valence-electron chi connectivity index (χ2n) is 7.16. The fourth-order valence-electron chi connectivity index (χ4n) is 2.81. The number of nitrogens with zero attached hydrogens (tertiary/aromatic N) is 5. The van der Waals surface area contributed by atoms with Gasteiger partial charge in [-0.1, -0.05) is 18.3 Å². The van der Waals surface area contributed by atoms with Crippen LogP contribution in [0.15, 0.2) is 0 Å². The Balaban J connectivity index is 1.72. The zero-order chi connectivity index (χ0) is 19.1. The third-order valence-corrected chi connectivity index (χ3v) is 5.00. The number of rotatable bonds is 3. The minimum Gasteiger partial charge on any atom is -0.444 e. The van der Waals surface area contributed by atoms with E-state index in [4.69, 9.17) is 10.5 Å². The van der Waals surface area contributed by atoms with Crippen molar-refractivity contribution in [2.24, 2.45) is 5.73 Å². The lowest BCUT2D eigenvalue weighted by Crippen LogP contribution is -2.50. The minimum absolute atomic E-state index is 0.297. The molecule has 0 atom stereocenters. The van der Waals surface area contributed by atoms with Crippen LogP contribution in [0.4, 0.5) is 9.93 Å². The number of imidazole rings is 1. The van der Waals surface area contributed by atoms with Crippen LogP contribution in [0, 0.1) is 0 Å². The summed E-state index contributed by atoms with van der Waals surface area (Å²) in [6.07, 6.45) is 0.327. The number of hydrogen-bond acceptors (Lipinski definition) is 7. The lowest BCUT2D eigenvalue weighted by Gasteiger charge is -2.35. The second-order valence-corrected chi connectivity index (χ2v) is 8.09. The molecule has 142 valence electrons. The summed E-state index contributed by atoms with van der Waals surface area (Å²) in [6.45, 7) is 9.88. The van der Waals surface area contributed by atoms with Crippen LogP contribution < -0.4 is 10.6 Å². The van der Waals surface area contributed by atoms with Crippen molar-refractivity contribution in [3.63, 3.8) is 0 Å². The highest BCUT2D eigenvalue weighted by Crippen LogP contribution is 2.26. The Morgan fingerprint density at radius 3 is 2.42 bits per heavy atom. The van der Waals surface area contributed by atoms with Gasteiger partial charge in [-0.05, 0) is 27.2 Å². The van der Waals surface area contributed by atoms with Crippen molar-refractivity contribution in [3.05, 3.63) is 11.4 Å². The van der Waals surface area contributed by atoms with Gasteiger partial charge in [0.15, 0.2) is 5.69 Å². The predicted octanol–water partition coefficient (Wildman–Crippen LogP) is 1.51. The van der Waals surface area contributed by atoms with Gasteiger partial charge in [0.05, 0.1) is 5.69 Å². The fraction of sp³-hybridized carbons (Fsp3) is 0.625. The van der Waals surface area contributed by atoms with Crippen LogP contribution in [-0.4, -0.2) is 63.3 Å². The first-order valence-electron chi connectivity index (χ1n) is 8.60. The minimum atomic E-state index is -0.527. The van der Waals surface area contributed by atoms with Gasteiger partial charge >= 0.3 is 6.09 Å². The average Bonchev–Trinajstić information content (AvgIpc) is 3.10. The summed E-state index contributed by atoms with van der Waals surface area (Å²) < 4.78 is 6.94. The predicted molar refractivity (Wildman–Crippen MR) is 98.8 cm³/mol. The van der Waals surface area contributed by atoms with E-state index in [0.29, 0.717) is 48.9 Å². The Morgan fingerprint density at radius 1 is 1.23 bits per heavy atom. The summed E-state index contributed by atoms with van der Waals surface area (Å²) in [5.41, 5.74) is 5.99. The number of fused-ring (bicyclic) bond motifs is 1. The maximum absolute atomic E-state index is 12.2. The number of amides is 2. The summed E-state index contributed by atoms with van der Waals surface area (Å²) in [6, 6.07) is 0. The van der Waals surface area contributed by atoms with Gasteiger partial charge in [-0.2, -0.15) is 4.52 Å². The molecule has 1 aliphatic heterocycles. The smallest absolute Gasteiger partial charge is 0.410 e. The van der Waals surface area contributed by atoms with E-state index in [1.807, 2.05) is 27.7 Å². The van der Waals surface area contributed by atoms with Crippen molar-refractivity contribution in [2.75, 3.05) is 31.1 Å². The molecular formula is C16H24N6O3S. The van der Waals surface area contributed by atoms with Crippen LogP contribution in [0.25, 0.3) is 4.96 Å². The van der Waals surface area contributed by atoms with Gasteiger partial charge in [0.25, 0.3) is 5.91 Å². The van der Waals surface area contributed by atoms with E-state index in [0.717, 1.165) is 5.13 Å². The number of carbonyl (C=O) groups is 2. The largest absolute Gasteiger partial charge is 0.444 e. The molecule has 0 aliphatic carbocycles. The number of primary amides is 1. The zero-order valence-electron chi connectivity index (χ0n) is 15.5. The molecule has 1 fully saturated rings. The van der Waals surface area contributed by atoms with Gasteiger partial charge in [0.2, 0.25) is 10.1 Å². The first kappa shape index (κ1) is 18.4. The number of aryl methyl sites for hydroxylation is 1. The van der Waals surface area contributed by atoms with E-state index in [1.54, 1.807) is 4.90 Å². The van der Waals surface area contributed by atoms with Gasteiger partial charge in [0, 0.05) is 26.2 Å². The lowest BCUT2D eigenvalue weighted by molar-refractivity contribution is 0.0240. The Kier molecular flexibility index (Phi) is 4.78. The molecule has 2 amide bonds. The molecular weight excluding hydrogens is 356 g/mol. The van der Waals surface area contributed by atoms with Gasteiger partial charge in [0.1, 0.15) is 5.60 Å². The van der Waals surface area contributed by atoms with Crippen LogP contribution in [-0.2, 0) is 11.2 Å². The molecule has 0 aromatic carbocycles. The van der Waals surface area contributed by atoms with Crippen LogP contribution >= 0.6 is 11.3 Å². The highest BCUT2D eigenvalue weighted by atomic mass is 32.1. The maximum Gasteiger partial charge on any atom is 0.410 e. The normalized spacial score (nSPS) is 15.5. The zero-order valence-corrected chi connectivity index (χ0v) is 16.3. The van der Waals surface area contributed by atoms with Crippen molar-refractivity contribution < 1.29 is 14.3 Å². The maximum atomic E-state index is 12.2. The quantitative estimate of drug-likeness (QED) is 0.865. The van der Waals surface area contributed by atoms with Crippen molar-refractivity contribution in [3.8, 4) is 0 Å². The molecule has 3 rings (SSSR count). The van der Waals surface area contributed by atoms with Gasteiger partial charge in [-0.15, -0.1) is 5.10 Å². The molecule has 9 nitrogen and oxygen atoms in total. The number of piperazine rings is 1. The molecule has 2 aromatic rings. The second kappa shape index (κ2) is 6.75. The van der Waals surface area contributed by atoms with Crippen LogP contribution in [0.5, 0.6) is 0 Å². The Morgan fingerprint density at radius 2 is 1.88 bits per heavy atom. The van der Waals surface area contributed by atoms with Gasteiger partial charge in [-0.25, -0.2) is 9.78 Å². The molecule has 3 heterocycles. The van der Waals surface area contributed by atoms with E-state index >= 15 is 0 Å². The number of anilines is 1. The van der Waals surface area contributed by atoms with E-state index in [2.05, 4.69) is 15.0 Å². The fourth-order valence-corrected chi connectivity index (χ4v) is 3.78. The highest BCUT2D eigenvalue weighted by molar-refractivity contribution is 7.20. The monoisotopic (exact) mass is 380 g/mol. The number of carbonyl (C=O) groups excluding carboxylic acids is 2. The molecule has 0 radical (unpaired) electrons. The average molecular weight is 380 g/mol. The summed E-state index contributed by atoms with van der Waals surface area (Å²) in [7, 11) is 0. The summed E-state index contributed by atoms with van der Waals surface area (Å²) in [4.78, 5) is 32.8. The topological polar surface area (TPSA) is 106 Å². The molecule has 2 aromatic heterocycles. The van der Waals surface area contributed by atoms with Crippen LogP contribution in [0.2, 0.25) is 0 Å². The van der Waals surface area contributed by atoms with E-state index in [-0.39, 0.29) is 6.09 Å². The Bertz CT molecular complexity index is 829. The lowest BCUT2D eigenvalue weighted by atomic mass is 10.2. The van der Waals surface area contributed by atoms with Crippen LogP contribution in [0.1, 0.15) is 43.9 Å². The standard InChI is InChI=1S/C16H24N6O3S/c1-5-10-11(12(17)23)22-13(18-10)26-14(19-22)20-6-8-21(9-7-20)15(24)25-16(2,3)4/h5-9H2,1-4H3,(H2,17,23). The highest BCUT2D eigenvalue weighted by Gasteiger charge is 2.28. The molecule has 26 heavy (non-hydrogen) atoms. The van der Waals surface area contributed by atoms with Crippen molar-refractivity contribution in [2.45, 2.75) is 39.7 Å². The van der Waals surface area contributed by atoms with Crippen molar-refractivity contribution >= 4 is 33.4 Å².